The van der Waals surface area contributed by atoms with E-state index in [2.05, 4.69) is 29.9 Å². The van der Waals surface area contributed by atoms with Crippen molar-refractivity contribution in [3.63, 3.8) is 0 Å². The van der Waals surface area contributed by atoms with Gasteiger partial charge in [0.05, 0.1) is 16.3 Å². The zero-order chi connectivity index (χ0) is 22.7. The van der Waals surface area contributed by atoms with Crippen molar-refractivity contribution in [2.24, 2.45) is 10.2 Å². The average Bonchev–Trinajstić information content (AvgIpc) is 3.22. The van der Waals surface area contributed by atoms with Gasteiger partial charge in [0.2, 0.25) is 5.95 Å². The van der Waals surface area contributed by atoms with Crippen molar-refractivity contribution in [1.82, 2.24) is 15.0 Å². The van der Waals surface area contributed by atoms with Gasteiger partial charge in [-0.15, -0.1) is 5.11 Å². The quantitative estimate of drug-likeness (QED) is 0.314. The molecule has 0 spiro atoms. The number of anilines is 1. The van der Waals surface area contributed by atoms with Gasteiger partial charge in [0.1, 0.15) is 5.69 Å². The Labute approximate surface area is 190 Å². The predicted molar refractivity (Wildman–Crippen MR) is 127 cm³/mol. The maximum absolute atomic E-state index is 12.6. The van der Waals surface area contributed by atoms with Crippen molar-refractivity contribution in [3.8, 4) is 11.3 Å². The molecular formula is C24H18N6O2S. The van der Waals surface area contributed by atoms with Crippen LogP contribution < -0.4 is 4.72 Å². The molecule has 0 saturated heterocycles. The summed E-state index contributed by atoms with van der Waals surface area (Å²) in [5.74, 6) is 0.00837. The van der Waals surface area contributed by atoms with Crippen LogP contribution in [0.5, 0.6) is 0 Å². The van der Waals surface area contributed by atoms with E-state index < -0.39 is 10.0 Å². The molecule has 33 heavy (non-hydrogen) atoms. The van der Waals surface area contributed by atoms with Crippen molar-refractivity contribution >= 4 is 38.2 Å². The number of aromatic amines is 1. The van der Waals surface area contributed by atoms with E-state index >= 15 is 0 Å². The fraction of sp³-hybridized carbons (Fsp3) is 0. The summed E-state index contributed by atoms with van der Waals surface area (Å²) in [4.78, 5) is 11.3. The molecule has 2 aromatic heterocycles. The first-order valence-electron chi connectivity index (χ1n) is 10.1. The number of aromatic nitrogens is 3. The topological polar surface area (TPSA) is 112 Å². The second kappa shape index (κ2) is 8.64. The molecule has 5 aromatic rings. The molecule has 5 rings (SSSR count). The Hall–Kier alpha value is -4.37. The molecule has 0 atom stereocenters. The van der Waals surface area contributed by atoms with Crippen LogP contribution in [0.4, 0.5) is 17.3 Å². The fourth-order valence-electron chi connectivity index (χ4n) is 3.38. The predicted octanol–water partition coefficient (Wildman–Crippen LogP) is 5.84. The smallest absolute Gasteiger partial charge is 0.264 e. The van der Waals surface area contributed by atoms with E-state index in [1.54, 1.807) is 18.2 Å². The highest BCUT2D eigenvalue weighted by molar-refractivity contribution is 7.92. The van der Waals surface area contributed by atoms with Gasteiger partial charge >= 0.3 is 0 Å². The molecule has 0 aliphatic heterocycles. The van der Waals surface area contributed by atoms with Crippen LogP contribution >= 0.6 is 0 Å². The van der Waals surface area contributed by atoms with E-state index in [4.69, 9.17) is 0 Å². The third-order valence-electron chi connectivity index (χ3n) is 4.95. The number of nitrogens with one attached hydrogen (secondary N) is 2. The molecule has 2 heterocycles. The van der Waals surface area contributed by atoms with E-state index in [0.717, 1.165) is 27.8 Å². The number of azo groups is 1. The molecule has 0 bridgehead atoms. The Morgan fingerprint density at radius 1 is 0.758 bits per heavy atom. The van der Waals surface area contributed by atoms with Gasteiger partial charge in [0.15, 0.2) is 0 Å². The molecule has 0 aliphatic rings. The Kier molecular flexibility index (Phi) is 5.37. The lowest BCUT2D eigenvalue weighted by Crippen LogP contribution is -2.14. The normalized spacial score (nSPS) is 11.8. The van der Waals surface area contributed by atoms with Crippen LogP contribution in [0.3, 0.4) is 0 Å². The molecule has 0 unspecified atom stereocenters. The molecular weight excluding hydrogens is 436 g/mol. The Bertz CT molecular complexity index is 1530. The van der Waals surface area contributed by atoms with Crippen molar-refractivity contribution in [1.29, 1.82) is 0 Å². The number of nitrogens with zero attached hydrogens (tertiary/aromatic N) is 4. The van der Waals surface area contributed by atoms with Gasteiger partial charge in [-0.05, 0) is 36.4 Å². The van der Waals surface area contributed by atoms with Crippen LogP contribution in [0, 0.1) is 0 Å². The highest BCUT2D eigenvalue weighted by atomic mass is 32.2. The Morgan fingerprint density at radius 3 is 2.21 bits per heavy atom. The van der Waals surface area contributed by atoms with Crippen molar-refractivity contribution < 1.29 is 8.42 Å². The van der Waals surface area contributed by atoms with E-state index in [1.165, 1.54) is 24.5 Å². The monoisotopic (exact) mass is 454 g/mol. The largest absolute Gasteiger partial charge is 0.353 e. The van der Waals surface area contributed by atoms with Crippen LogP contribution in [0.15, 0.2) is 112 Å². The highest BCUT2D eigenvalue weighted by Gasteiger charge is 2.16. The molecule has 162 valence electrons. The molecule has 0 saturated carbocycles. The molecule has 2 N–H and O–H groups in total. The first kappa shape index (κ1) is 20.5. The second-order valence-corrected chi connectivity index (χ2v) is 8.81. The SMILES string of the molecule is O=S(=O)(Nc1ncccn1)c1ccc(N=Nc2c(-c3ccccc3)[nH]c3ccccc23)cc1. The van der Waals surface area contributed by atoms with Crippen LogP contribution in [0.1, 0.15) is 0 Å². The van der Waals surface area contributed by atoms with E-state index in [1.807, 2.05) is 54.6 Å². The van der Waals surface area contributed by atoms with Gasteiger partial charge in [0, 0.05) is 28.9 Å². The minimum Gasteiger partial charge on any atom is -0.353 e. The average molecular weight is 455 g/mol. The van der Waals surface area contributed by atoms with Gasteiger partial charge in [-0.25, -0.2) is 23.1 Å². The highest BCUT2D eigenvalue weighted by Crippen LogP contribution is 2.38. The summed E-state index contributed by atoms with van der Waals surface area (Å²) >= 11 is 0. The van der Waals surface area contributed by atoms with Crippen LogP contribution in [-0.2, 0) is 10.0 Å². The maximum Gasteiger partial charge on any atom is 0.264 e. The number of fused-ring (bicyclic) bond motifs is 1. The van der Waals surface area contributed by atoms with Crippen LogP contribution in [0.25, 0.3) is 22.2 Å². The Morgan fingerprint density at radius 2 is 1.45 bits per heavy atom. The third kappa shape index (κ3) is 4.35. The maximum atomic E-state index is 12.6. The molecule has 8 nitrogen and oxygen atoms in total. The summed E-state index contributed by atoms with van der Waals surface area (Å²) in [5, 5.41) is 9.82. The van der Waals surface area contributed by atoms with Gasteiger partial charge in [0.25, 0.3) is 10.0 Å². The third-order valence-corrected chi connectivity index (χ3v) is 6.29. The fourth-order valence-corrected chi connectivity index (χ4v) is 4.33. The number of para-hydroxylation sites is 1. The number of H-pyrrole nitrogens is 1. The van der Waals surface area contributed by atoms with Crippen LogP contribution in [-0.4, -0.2) is 23.4 Å². The molecule has 3 aromatic carbocycles. The van der Waals surface area contributed by atoms with Gasteiger partial charge in [-0.2, -0.15) is 5.11 Å². The van der Waals surface area contributed by atoms with Gasteiger partial charge < -0.3 is 4.98 Å². The minimum atomic E-state index is -3.81. The number of hydrogen-bond acceptors (Lipinski definition) is 6. The molecule has 0 radical (unpaired) electrons. The van der Waals surface area contributed by atoms with E-state index in [0.29, 0.717) is 5.69 Å². The summed E-state index contributed by atoms with van der Waals surface area (Å²) in [6.07, 6.45) is 2.92. The van der Waals surface area contributed by atoms with E-state index in [-0.39, 0.29) is 10.8 Å². The lowest BCUT2D eigenvalue weighted by atomic mass is 10.1. The first-order chi connectivity index (χ1) is 16.1. The number of rotatable bonds is 6. The lowest BCUT2D eigenvalue weighted by Gasteiger charge is -2.06. The number of benzene rings is 3. The van der Waals surface area contributed by atoms with Crippen molar-refractivity contribution in [3.05, 3.63) is 97.3 Å². The van der Waals surface area contributed by atoms with Crippen molar-refractivity contribution in [2.45, 2.75) is 4.90 Å². The Balaban J connectivity index is 1.45. The molecule has 0 aliphatic carbocycles. The summed E-state index contributed by atoms with van der Waals surface area (Å²) < 4.78 is 27.5. The van der Waals surface area contributed by atoms with Crippen molar-refractivity contribution in [2.75, 3.05) is 4.72 Å². The van der Waals surface area contributed by atoms with Gasteiger partial charge in [-0.1, -0.05) is 48.5 Å². The van der Waals surface area contributed by atoms with E-state index in [9.17, 15) is 8.42 Å². The number of hydrogen-bond donors (Lipinski definition) is 2. The summed E-state index contributed by atoms with van der Waals surface area (Å²) in [6.45, 7) is 0. The molecule has 0 fully saturated rings. The minimum absolute atomic E-state index is 0.00837. The van der Waals surface area contributed by atoms with Gasteiger partial charge in [-0.3, -0.25) is 0 Å². The molecule has 0 amide bonds. The summed E-state index contributed by atoms with van der Waals surface area (Å²) in [7, 11) is -3.81. The summed E-state index contributed by atoms with van der Waals surface area (Å²) in [5.41, 5.74) is 4.07. The zero-order valence-electron chi connectivity index (χ0n) is 17.3. The standard InChI is InChI=1S/C24H18N6O2S/c31-33(32,30-24-25-15-6-16-26-24)19-13-11-18(12-14-19)28-29-23-20-9-4-5-10-21(20)27-22(23)17-7-2-1-3-8-17/h1-16,27H,(H,25,26,30). The number of sulfonamides is 1. The molecule has 9 heteroatoms. The van der Waals surface area contributed by atoms with Crippen LogP contribution in [0.2, 0.25) is 0 Å². The zero-order valence-corrected chi connectivity index (χ0v) is 18.1. The summed E-state index contributed by atoms with van der Waals surface area (Å²) in [6, 6.07) is 25.5. The second-order valence-electron chi connectivity index (χ2n) is 7.13. The first-order valence-corrected chi connectivity index (χ1v) is 11.6. The lowest BCUT2D eigenvalue weighted by molar-refractivity contribution is 0.601.